The fourth-order valence-electron chi connectivity index (χ4n) is 4.50. The van der Waals surface area contributed by atoms with E-state index >= 15 is 0 Å². The van der Waals surface area contributed by atoms with Crippen molar-refractivity contribution in [3.05, 3.63) is 35.4 Å². The molecule has 4 saturated heterocycles. The maximum Gasteiger partial charge on any atom is 0.191 e. The van der Waals surface area contributed by atoms with Gasteiger partial charge in [-0.3, -0.25) is 14.7 Å². The molecule has 0 amide bonds. The zero-order valence-electron chi connectivity index (χ0n) is 18.2. The van der Waals surface area contributed by atoms with E-state index in [2.05, 4.69) is 56.5 Å². The summed E-state index contributed by atoms with van der Waals surface area (Å²) in [6.07, 6.45) is 0. The topological polar surface area (TPSA) is 55.4 Å². The number of ether oxygens (including phenoxy) is 1. The molecule has 0 spiro atoms. The molecule has 0 aliphatic carbocycles. The number of nitrogens with one attached hydrogen (secondary N) is 2. The van der Waals surface area contributed by atoms with Crippen LogP contribution < -0.4 is 10.6 Å². The first kappa shape index (κ1) is 23.7. The quantitative estimate of drug-likeness (QED) is 0.315. The largest absolute Gasteiger partial charge is 0.379 e. The third-order valence-corrected chi connectivity index (χ3v) is 6.27. The van der Waals surface area contributed by atoms with Crippen LogP contribution in [0.4, 0.5) is 0 Å². The average molecular weight is 528 g/mol. The molecule has 2 bridgehead atoms. The van der Waals surface area contributed by atoms with Gasteiger partial charge >= 0.3 is 0 Å². The average Bonchev–Trinajstić information content (AvgIpc) is 2.78. The Morgan fingerprint density at radius 2 is 1.77 bits per heavy atom. The Morgan fingerprint density at radius 3 is 2.43 bits per heavy atom. The zero-order chi connectivity index (χ0) is 19.9. The number of morpholine rings is 1. The van der Waals surface area contributed by atoms with Crippen molar-refractivity contribution in [3.63, 3.8) is 0 Å². The van der Waals surface area contributed by atoms with E-state index in [1.165, 1.54) is 43.9 Å². The second-order valence-corrected chi connectivity index (χ2v) is 8.22. The minimum Gasteiger partial charge on any atom is -0.379 e. The monoisotopic (exact) mass is 528 g/mol. The molecule has 1 unspecified atom stereocenters. The maximum absolute atomic E-state index is 5.48. The van der Waals surface area contributed by atoms with Crippen molar-refractivity contribution in [3.8, 4) is 0 Å². The highest BCUT2D eigenvalue weighted by Gasteiger charge is 2.31. The van der Waals surface area contributed by atoms with Crippen LogP contribution >= 0.6 is 24.0 Å². The lowest BCUT2D eigenvalue weighted by atomic mass is 10.1. The fraction of sp³-hybridized carbons (Fsp3) is 0.682. The Morgan fingerprint density at radius 1 is 1.03 bits per heavy atom. The van der Waals surface area contributed by atoms with Gasteiger partial charge in [-0.25, -0.2) is 4.99 Å². The fourth-order valence-corrected chi connectivity index (χ4v) is 4.50. The van der Waals surface area contributed by atoms with Crippen LogP contribution in [0.2, 0.25) is 0 Å². The van der Waals surface area contributed by atoms with Crippen LogP contribution in [0.1, 0.15) is 18.1 Å². The molecular formula is C22H37IN6O. The highest BCUT2D eigenvalue weighted by Crippen LogP contribution is 2.16. The molecule has 30 heavy (non-hydrogen) atoms. The molecule has 1 atom stereocenters. The van der Waals surface area contributed by atoms with Crippen LogP contribution in [0.5, 0.6) is 0 Å². The smallest absolute Gasteiger partial charge is 0.191 e. The number of fused-ring (bicyclic) bond motifs is 3. The lowest BCUT2D eigenvalue weighted by molar-refractivity contribution is 0.0154. The number of benzene rings is 1. The zero-order valence-corrected chi connectivity index (χ0v) is 20.5. The predicted molar refractivity (Wildman–Crippen MR) is 133 cm³/mol. The number of hydrogen-bond acceptors (Lipinski definition) is 5. The molecule has 8 heteroatoms. The summed E-state index contributed by atoms with van der Waals surface area (Å²) in [5.74, 6) is 0.923. The van der Waals surface area contributed by atoms with E-state index < -0.39 is 0 Å². The molecule has 0 saturated carbocycles. The van der Waals surface area contributed by atoms with Crippen molar-refractivity contribution in [2.24, 2.45) is 4.99 Å². The first-order valence-corrected chi connectivity index (χ1v) is 11.2. The van der Waals surface area contributed by atoms with E-state index in [0.29, 0.717) is 12.6 Å². The Kier molecular flexibility index (Phi) is 9.64. The van der Waals surface area contributed by atoms with Crippen LogP contribution in [0.25, 0.3) is 0 Å². The molecule has 4 aliphatic rings. The molecule has 5 rings (SSSR count). The highest BCUT2D eigenvalue weighted by atomic mass is 127. The SMILES string of the molecule is CCNC(=NCc1ccccc1CN1CCOCC1)NCC1CN2CCN1CC2.I. The van der Waals surface area contributed by atoms with Crippen LogP contribution in [0, 0.1) is 0 Å². The standard InChI is InChI=1S/C22H36N6O.HI/c1-2-23-22(25-16-21-18-26-7-9-28(21)10-8-26)24-15-19-5-3-4-6-20(19)17-27-11-13-29-14-12-27;/h3-6,21H,2,7-18H2,1H3,(H2,23,24,25);1H. The number of rotatable bonds is 7. The van der Waals surface area contributed by atoms with Gasteiger partial charge in [-0.1, -0.05) is 24.3 Å². The van der Waals surface area contributed by atoms with Crippen molar-refractivity contribution in [1.82, 2.24) is 25.3 Å². The van der Waals surface area contributed by atoms with Gasteiger partial charge in [-0.05, 0) is 18.1 Å². The number of piperazine rings is 3. The van der Waals surface area contributed by atoms with Gasteiger partial charge in [-0.2, -0.15) is 0 Å². The maximum atomic E-state index is 5.48. The van der Waals surface area contributed by atoms with Gasteiger partial charge < -0.3 is 15.4 Å². The summed E-state index contributed by atoms with van der Waals surface area (Å²) in [4.78, 5) is 12.6. The summed E-state index contributed by atoms with van der Waals surface area (Å²) < 4.78 is 5.48. The van der Waals surface area contributed by atoms with Crippen molar-refractivity contribution >= 4 is 29.9 Å². The second kappa shape index (κ2) is 12.2. The Labute approximate surface area is 198 Å². The number of halogens is 1. The normalized spacial score (nSPS) is 26.8. The second-order valence-electron chi connectivity index (χ2n) is 8.22. The molecule has 4 aliphatic heterocycles. The van der Waals surface area contributed by atoms with Crippen LogP contribution in [-0.2, 0) is 17.8 Å². The molecular weight excluding hydrogens is 491 g/mol. The molecule has 4 fully saturated rings. The van der Waals surface area contributed by atoms with Gasteiger partial charge in [-0.15, -0.1) is 24.0 Å². The van der Waals surface area contributed by atoms with E-state index in [1.54, 1.807) is 0 Å². The van der Waals surface area contributed by atoms with Gasteiger partial charge in [0.05, 0.1) is 19.8 Å². The Hall–Kier alpha value is -0.940. The molecule has 4 heterocycles. The third-order valence-electron chi connectivity index (χ3n) is 6.27. The molecule has 1 aromatic carbocycles. The molecule has 1 aromatic rings. The molecule has 2 N–H and O–H groups in total. The summed E-state index contributed by atoms with van der Waals surface area (Å²) in [6.45, 7) is 15.4. The number of guanidine groups is 1. The van der Waals surface area contributed by atoms with E-state index in [0.717, 1.165) is 51.9 Å². The first-order chi connectivity index (χ1) is 14.3. The molecule has 7 nitrogen and oxygen atoms in total. The van der Waals surface area contributed by atoms with Gasteiger partial charge in [0, 0.05) is 71.5 Å². The van der Waals surface area contributed by atoms with Crippen molar-refractivity contribution in [2.45, 2.75) is 26.1 Å². The van der Waals surface area contributed by atoms with Crippen LogP contribution in [0.3, 0.4) is 0 Å². The third kappa shape index (κ3) is 6.53. The minimum absolute atomic E-state index is 0. The number of nitrogens with zero attached hydrogens (tertiary/aromatic N) is 4. The number of hydrogen-bond donors (Lipinski definition) is 2. The summed E-state index contributed by atoms with van der Waals surface area (Å²) in [6, 6.07) is 9.29. The Bertz CT molecular complexity index is 673. The summed E-state index contributed by atoms with van der Waals surface area (Å²) >= 11 is 0. The van der Waals surface area contributed by atoms with Gasteiger partial charge in [0.2, 0.25) is 0 Å². The lowest BCUT2D eigenvalue weighted by Gasteiger charge is -2.47. The molecule has 0 radical (unpaired) electrons. The molecule has 168 valence electrons. The summed E-state index contributed by atoms with van der Waals surface area (Å²) in [5.41, 5.74) is 2.68. The van der Waals surface area contributed by atoms with Gasteiger partial charge in [0.1, 0.15) is 0 Å². The van der Waals surface area contributed by atoms with Crippen LogP contribution in [-0.4, -0.2) is 98.8 Å². The van der Waals surface area contributed by atoms with E-state index in [9.17, 15) is 0 Å². The molecule has 0 aromatic heterocycles. The number of aliphatic imine (C=N–C) groups is 1. The van der Waals surface area contributed by atoms with Crippen LogP contribution in [0.15, 0.2) is 29.3 Å². The van der Waals surface area contributed by atoms with Crippen molar-refractivity contribution < 1.29 is 4.74 Å². The lowest BCUT2D eigenvalue weighted by Crippen LogP contribution is -2.63. The van der Waals surface area contributed by atoms with Gasteiger partial charge in [0.25, 0.3) is 0 Å². The van der Waals surface area contributed by atoms with E-state index in [1.807, 2.05) is 0 Å². The van der Waals surface area contributed by atoms with E-state index in [-0.39, 0.29) is 24.0 Å². The Balaban J connectivity index is 0.00000256. The van der Waals surface area contributed by atoms with Gasteiger partial charge in [0.15, 0.2) is 5.96 Å². The van der Waals surface area contributed by atoms with E-state index in [4.69, 9.17) is 9.73 Å². The summed E-state index contributed by atoms with van der Waals surface area (Å²) in [5, 5.41) is 7.01. The van der Waals surface area contributed by atoms with Crippen molar-refractivity contribution in [2.75, 3.05) is 72.1 Å². The first-order valence-electron chi connectivity index (χ1n) is 11.2. The summed E-state index contributed by atoms with van der Waals surface area (Å²) in [7, 11) is 0. The minimum atomic E-state index is 0. The van der Waals surface area contributed by atoms with Crippen molar-refractivity contribution in [1.29, 1.82) is 0 Å². The predicted octanol–water partition coefficient (Wildman–Crippen LogP) is 1.19. The highest BCUT2D eigenvalue weighted by molar-refractivity contribution is 14.0.